The minimum Gasteiger partial charge on any atom is -0.301 e. The molecule has 0 saturated heterocycles. The van der Waals surface area contributed by atoms with Gasteiger partial charge in [0.2, 0.25) is 0 Å². The highest BCUT2D eigenvalue weighted by molar-refractivity contribution is 7.89. The molecule has 1 aliphatic rings. The van der Waals surface area contributed by atoms with Crippen LogP contribution in [-0.4, -0.2) is 23.2 Å². The van der Waals surface area contributed by atoms with Gasteiger partial charge in [0.1, 0.15) is 5.82 Å². The van der Waals surface area contributed by atoms with Crippen molar-refractivity contribution in [2.75, 3.05) is 0 Å². The van der Waals surface area contributed by atoms with Gasteiger partial charge in [0, 0.05) is 12.5 Å². The van der Waals surface area contributed by atoms with Gasteiger partial charge >= 0.3 is 0 Å². The Hall–Kier alpha value is -0.950. The molecule has 0 bridgehead atoms. The summed E-state index contributed by atoms with van der Waals surface area (Å²) in [6.07, 6.45) is 6.56. The Morgan fingerprint density at radius 2 is 1.94 bits per heavy atom. The van der Waals surface area contributed by atoms with E-state index in [0.29, 0.717) is 12.5 Å². The molecular formula is C11H20N4O2S. The van der Waals surface area contributed by atoms with Gasteiger partial charge in [-0.15, -0.1) is 10.2 Å². The molecule has 7 heteroatoms. The SMILES string of the molecule is CCCn1c(C2CCCCC2)nnc1S(N)(=O)=O. The highest BCUT2D eigenvalue weighted by Crippen LogP contribution is 2.32. The maximum Gasteiger partial charge on any atom is 0.273 e. The van der Waals surface area contributed by atoms with Crippen LogP contribution in [0.3, 0.4) is 0 Å². The molecule has 0 atom stereocenters. The van der Waals surface area contributed by atoms with E-state index in [-0.39, 0.29) is 5.16 Å². The number of nitrogens with two attached hydrogens (primary N) is 1. The minimum atomic E-state index is -3.78. The molecule has 0 radical (unpaired) electrons. The maximum absolute atomic E-state index is 11.5. The van der Waals surface area contributed by atoms with Gasteiger partial charge in [0.15, 0.2) is 0 Å². The molecule has 2 N–H and O–H groups in total. The quantitative estimate of drug-likeness (QED) is 0.896. The van der Waals surface area contributed by atoms with Crippen LogP contribution in [-0.2, 0) is 16.6 Å². The van der Waals surface area contributed by atoms with Crippen molar-refractivity contribution in [1.29, 1.82) is 0 Å². The van der Waals surface area contributed by atoms with E-state index in [1.54, 1.807) is 4.57 Å². The minimum absolute atomic E-state index is 0.0927. The van der Waals surface area contributed by atoms with Gasteiger partial charge < -0.3 is 4.57 Å². The number of aromatic nitrogens is 3. The van der Waals surface area contributed by atoms with Gasteiger partial charge in [0.05, 0.1) is 0 Å². The summed E-state index contributed by atoms with van der Waals surface area (Å²) < 4.78 is 24.6. The van der Waals surface area contributed by atoms with Crippen LogP contribution >= 0.6 is 0 Å². The molecule has 0 aliphatic heterocycles. The van der Waals surface area contributed by atoms with Crippen molar-refractivity contribution in [1.82, 2.24) is 14.8 Å². The molecule has 102 valence electrons. The molecule has 6 nitrogen and oxygen atoms in total. The topological polar surface area (TPSA) is 90.9 Å². The molecule has 1 saturated carbocycles. The molecule has 18 heavy (non-hydrogen) atoms. The first-order chi connectivity index (χ1) is 8.54. The van der Waals surface area contributed by atoms with Crippen molar-refractivity contribution in [3.8, 4) is 0 Å². The summed E-state index contributed by atoms with van der Waals surface area (Å²) in [5, 5.41) is 12.9. The number of primary sulfonamides is 1. The Balaban J connectivity index is 2.38. The third-order valence-electron chi connectivity index (χ3n) is 3.42. The monoisotopic (exact) mass is 272 g/mol. The molecule has 1 aromatic rings. The Morgan fingerprint density at radius 1 is 1.28 bits per heavy atom. The van der Waals surface area contributed by atoms with Crippen molar-refractivity contribution in [2.45, 2.75) is 63.1 Å². The van der Waals surface area contributed by atoms with Gasteiger partial charge in [-0.2, -0.15) is 0 Å². The summed E-state index contributed by atoms with van der Waals surface area (Å²) in [6.45, 7) is 2.60. The maximum atomic E-state index is 11.5. The second kappa shape index (κ2) is 5.36. The highest BCUT2D eigenvalue weighted by Gasteiger charge is 2.26. The number of nitrogens with zero attached hydrogens (tertiary/aromatic N) is 3. The van der Waals surface area contributed by atoms with Crippen LogP contribution in [0.25, 0.3) is 0 Å². The first-order valence-electron chi connectivity index (χ1n) is 6.50. The largest absolute Gasteiger partial charge is 0.301 e. The van der Waals surface area contributed by atoms with Crippen molar-refractivity contribution >= 4 is 10.0 Å². The van der Waals surface area contributed by atoms with Crippen LogP contribution in [0.1, 0.15) is 57.2 Å². The third kappa shape index (κ3) is 2.72. The summed E-state index contributed by atoms with van der Waals surface area (Å²) in [6, 6.07) is 0. The molecule has 0 amide bonds. The van der Waals surface area contributed by atoms with E-state index in [2.05, 4.69) is 10.2 Å². The smallest absolute Gasteiger partial charge is 0.273 e. The molecule has 0 spiro atoms. The Kier molecular flexibility index (Phi) is 4.01. The number of hydrogen-bond donors (Lipinski definition) is 1. The number of sulfonamides is 1. The van der Waals surface area contributed by atoms with Crippen molar-refractivity contribution in [3.05, 3.63) is 5.82 Å². The first kappa shape index (κ1) is 13.5. The highest BCUT2D eigenvalue weighted by atomic mass is 32.2. The van der Waals surface area contributed by atoms with Crippen molar-refractivity contribution in [2.24, 2.45) is 5.14 Å². The van der Waals surface area contributed by atoms with E-state index >= 15 is 0 Å². The molecule has 0 aromatic carbocycles. The molecule has 0 unspecified atom stereocenters. The standard InChI is InChI=1S/C11H20N4O2S/c1-2-8-15-10(9-6-4-3-5-7-9)13-14-11(15)18(12,16)17/h9H,2-8H2,1H3,(H2,12,16,17). The molecule has 1 aromatic heterocycles. The van der Waals surface area contributed by atoms with Crippen LogP contribution in [0.2, 0.25) is 0 Å². The van der Waals surface area contributed by atoms with Crippen molar-refractivity contribution in [3.63, 3.8) is 0 Å². The van der Waals surface area contributed by atoms with Gasteiger partial charge in [-0.25, -0.2) is 13.6 Å². The lowest BCUT2D eigenvalue weighted by Gasteiger charge is -2.21. The van der Waals surface area contributed by atoms with E-state index in [1.165, 1.54) is 19.3 Å². The predicted octanol–water partition coefficient (Wildman–Crippen LogP) is 1.38. The zero-order valence-corrected chi connectivity index (χ0v) is 11.5. The summed E-state index contributed by atoms with van der Waals surface area (Å²) in [5.74, 6) is 1.12. The van der Waals surface area contributed by atoms with Crippen LogP contribution in [0, 0.1) is 0 Å². The Bertz CT molecular complexity index is 503. The summed E-state index contributed by atoms with van der Waals surface area (Å²) >= 11 is 0. The molecule has 1 aliphatic carbocycles. The van der Waals surface area contributed by atoms with Gasteiger partial charge in [-0.05, 0) is 19.3 Å². The second-order valence-electron chi connectivity index (χ2n) is 4.87. The van der Waals surface area contributed by atoms with E-state index in [0.717, 1.165) is 25.1 Å². The van der Waals surface area contributed by atoms with Crippen LogP contribution in [0.5, 0.6) is 0 Å². The van der Waals surface area contributed by atoms with E-state index in [9.17, 15) is 8.42 Å². The zero-order valence-electron chi connectivity index (χ0n) is 10.7. The second-order valence-corrected chi connectivity index (χ2v) is 6.33. The average molecular weight is 272 g/mol. The molecular weight excluding hydrogens is 252 g/mol. The summed E-state index contributed by atoms with van der Waals surface area (Å²) in [7, 11) is -3.78. The van der Waals surface area contributed by atoms with E-state index in [4.69, 9.17) is 5.14 Å². The summed E-state index contributed by atoms with van der Waals surface area (Å²) in [5.41, 5.74) is 0. The van der Waals surface area contributed by atoms with Crippen LogP contribution in [0.15, 0.2) is 5.16 Å². The van der Waals surface area contributed by atoms with Gasteiger partial charge in [-0.1, -0.05) is 26.2 Å². The van der Waals surface area contributed by atoms with Gasteiger partial charge in [0.25, 0.3) is 15.2 Å². The Labute approximate surface area is 108 Å². The molecule has 2 rings (SSSR count). The van der Waals surface area contributed by atoms with Crippen LogP contribution < -0.4 is 5.14 Å². The third-order valence-corrected chi connectivity index (χ3v) is 4.23. The van der Waals surface area contributed by atoms with Crippen LogP contribution in [0.4, 0.5) is 0 Å². The number of rotatable bonds is 4. The fraction of sp³-hybridized carbons (Fsp3) is 0.818. The van der Waals surface area contributed by atoms with E-state index < -0.39 is 10.0 Å². The zero-order chi connectivity index (χ0) is 13.2. The first-order valence-corrected chi connectivity index (χ1v) is 8.04. The fourth-order valence-electron chi connectivity index (χ4n) is 2.61. The lowest BCUT2D eigenvalue weighted by molar-refractivity contribution is 0.409. The predicted molar refractivity (Wildman–Crippen MR) is 67.5 cm³/mol. The fourth-order valence-corrected chi connectivity index (χ4v) is 3.25. The Morgan fingerprint density at radius 3 is 2.50 bits per heavy atom. The van der Waals surface area contributed by atoms with E-state index in [1.807, 2.05) is 6.92 Å². The average Bonchev–Trinajstić information content (AvgIpc) is 2.74. The van der Waals surface area contributed by atoms with Crippen molar-refractivity contribution < 1.29 is 8.42 Å². The molecule has 1 fully saturated rings. The lowest BCUT2D eigenvalue weighted by Crippen LogP contribution is -2.20. The normalized spacial score (nSPS) is 18.1. The summed E-state index contributed by atoms with van der Waals surface area (Å²) in [4.78, 5) is 0. The van der Waals surface area contributed by atoms with Gasteiger partial charge in [-0.3, -0.25) is 0 Å². The molecule has 1 heterocycles. The number of hydrogen-bond acceptors (Lipinski definition) is 4. The lowest BCUT2D eigenvalue weighted by atomic mass is 9.88.